The first-order valence-electron chi connectivity index (χ1n) is 13.3. The summed E-state index contributed by atoms with van der Waals surface area (Å²) in [7, 11) is 0. The number of carbonyl (C=O) groups excluding carboxylic acids is 1. The number of rotatable bonds is 7. The maximum absolute atomic E-state index is 13.5. The minimum absolute atomic E-state index is 0.0645. The van der Waals surface area contributed by atoms with Crippen LogP contribution in [0.2, 0.25) is 0 Å². The molecule has 0 saturated heterocycles. The number of carbonyl (C=O) groups is 1. The van der Waals surface area contributed by atoms with Gasteiger partial charge >= 0.3 is 0 Å². The third-order valence-electron chi connectivity index (χ3n) is 7.20. The maximum atomic E-state index is 13.5. The number of aromatic nitrogens is 2. The van der Waals surface area contributed by atoms with Crippen molar-refractivity contribution in [1.82, 2.24) is 9.78 Å². The topological polar surface area (TPSA) is 86.8 Å². The van der Waals surface area contributed by atoms with E-state index in [0.717, 1.165) is 28.9 Å². The predicted molar refractivity (Wildman–Crippen MR) is 153 cm³/mol. The number of fused-ring (bicyclic) bond motifs is 2. The van der Waals surface area contributed by atoms with Crippen LogP contribution >= 0.6 is 0 Å². The SMILES string of the molecule is CCc1cc2c(=O)c(Oc3cnn(-c4ccccc4)c3)c(C)oc2cc1OCC(=O)N1c2ccccc2C[C@@H]1C. The standard InChI is InChI=1S/C32H29N3O5/c1-4-22-15-26-29(16-28(22)38-19-30(36)35-20(2)14-23-10-8-9-13-27(23)35)39-21(3)32(31(26)37)40-25-17-33-34(18-25)24-11-6-5-7-12-24/h5-13,15-18,20H,4,14,19H2,1-3H3/t20-/m0/s1. The van der Waals surface area contributed by atoms with E-state index in [0.29, 0.717) is 34.6 Å². The van der Waals surface area contributed by atoms with E-state index in [1.807, 2.05) is 62.4 Å². The summed E-state index contributed by atoms with van der Waals surface area (Å²) in [6.07, 6.45) is 4.69. The Morgan fingerprint density at radius 1 is 1.10 bits per heavy atom. The van der Waals surface area contributed by atoms with E-state index in [1.165, 1.54) is 0 Å². The van der Waals surface area contributed by atoms with Gasteiger partial charge in [0.2, 0.25) is 11.2 Å². The molecule has 3 heterocycles. The lowest BCUT2D eigenvalue weighted by Gasteiger charge is -2.23. The number of benzene rings is 3. The van der Waals surface area contributed by atoms with E-state index in [9.17, 15) is 9.59 Å². The van der Waals surface area contributed by atoms with Crippen molar-refractivity contribution in [1.29, 1.82) is 0 Å². The highest BCUT2D eigenvalue weighted by Gasteiger charge is 2.31. The molecular weight excluding hydrogens is 506 g/mol. The van der Waals surface area contributed by atoms with Gasteiger partial charge in [0.15, 0.2) is 12.4 Å². The molecule has 1 aliphatic heterocycles. The molecule has 0 saturated carbocycles. The Morgan fingerprint density at radius 2 is 1.88 bits per heavy atom. The van der Waals surface area contributed by atoms with Gasteiger partial charge in [-0.2, -0.15) is 5.10 Å². The number of hydrogen-bond donors (Lipinski definition) is 0. The van der Waals surface area contributed by atoms with Crippen molar-refractivity contribution in [2.24, 2.45) is 0 Å². The molecule has 40 heavy (non-hydrogen) atoms. The van der Waals surface area contributed by atoms with Crippen LogP contribution in [0.25, 0.3) is 16.7 Å². The average molecular weight is 536 g/mol. The Labute approximate surface area is 231 Å². The van der Waals surface area contributed by atoms with Gasteiger partial charge in [0, 0.05) is 17.8 Å². The van der Waals surface area contributed by atoms with E-state index in [-0.39, 0.29) is 29.7 Å². The first-order valence-corrected chi connectivity index (χ1v) is 13.3. The summed E-state index contributed by atoms with van der Waals surface area (Å²) >= 11 is 0. The molecule has 1 amide bonds. The lowest BCUT2D eigenvalue weighted by Crippen LogP contribution is -2.39. The maximum Gasteiger partial charge on any atom is 0.265 e. The van der Waals surface area contributed by atoms with Crippen LogP contribution in [-0.4, -0.2) is 28.3 Å². The van der Waals surface area contributed by atoms with Crippen LogP contribution in [0.3, 0.4) is 0 Å². The van der Waals surface area contributed by atoms with Crippen LogP contribution in [0.1, 0.15) is 30.7 Å². The fourth-order valence-corrected chi connectivity index (χ4v) is 5.24. The third-order valence-corrected chi connectivity index (χ3v) is 7.20. The smallest absolute Gasteiger partial charge is 0.265 e. The fraction of sp³-hybridized carbons (Fsp3) is 0.219. The molecule has 0 unspecified atom stereocenters. The van der Waals surface area contributed by atoms with Gasteiger partial charge in [0.1, 0.15) is 17.1 Å². The van der Waals surface area contributed by atoms with Crippen molar-refractivity contribution in [2.75, 3.05) is 11.5 Å². The summed E-state index contributed by atoms with van der Waals surface area (Å²) in [4.78, 5) is 28.5. The molecule has 8 heteroatoms. The summed E-state index contributed by atoms with van der Waals surface area (Å²) in [6.45, 7) is 5.57. The quantitative estimate of drug-likeness (QED) is 0.254. The normalized spacial score (nSPS) is 14.4. The number of hydrogen-bond acceptors (Lipinski definition) is 6. The first kappa shape index (κ1) is 25.4. The van der Waals surface area contributed by atoms with Crippen LogP contribution in [0.5, 0.6) is 17.2 Å². The molecule has 2 aromatic heterocycles. The Bertz CT molecular complexity index is 1770. The molecule has 0 radical (unpaired) electrons. The minimum Gasteiger partial charge on any atom is -0.483 e. The van der Waals surface area contributed by atoms with Gasteiger partial charge in [-0.3, -0.25) is 9.59 Å². The van der Waals surface area contributed by atoms with Crippen molar-refractivity contribution in [2.45, 2.75) is 39.7 Å². The molecular formula is C32H29N3O5. The van der Waals surface area contributed by atoms with Crippen LogP contribution in [0.4, 0.5) is 5.69 Å². The van der Waals surface area contributed by atoms with Gasteiger partial charge in [0.05, 0.1) is 23.5 Å². The molecule has 0 N–H and O–H groups in total. The minimum atomic E-state index is -0.286. The summed E-state index contributed by atoms with van der Waals surface area (Å²) in [5.41, 5.74) is 3.85. The van der Waals surface area contributed by atoms with Gasteiger partial charge in [0.25, 0.3) is 5.91 Å². The number of ether oxygens (including phenoxy) is 2. The van der Waals surface area contributed by atoms with Crippen molar-refractivity contribution in [3.05, 3.63) is 106 Å². The number of amides is 1. The molecule has 202 valence electrons. The van der Waals surface area contributed by atoms with Gasteiger partial charge in [-0.1, -0.05) is 43.3 Å². The summed E-state index contributed by atoms with van der Waals surface area (Å²) in [5, 5.41) is 4.72. The molecule has 1 atom stereocenters. The van der Waals surface area contributed by atoms with Crippen LogP contribution in [-0.2, 0) is 17.6 Å². The molecule has 8 nitrogen and oxygen atoms in total. The lowest BCUT2D eigenvalue weighted by atomic mass is 10.1. The zero-order valence-electron chi connectivity index (χ0n) is 22.6. The van der Waals surface area contributed by atoms with E-state index < -0.39 is 0 Å². The van der Waals surface area contributed by atoms with Crippen molar-refractivity contribution in [3.63, 3.8) is 0 Å². The van der Waals surface area contributed by atoms with Crippen LogP contribution in [0, 0.1) is 6.92 Å². The fourth-order valence-electron chi connectivity index (χ4n) is 5.24. The Morgan fingerprint density at radius 3 is 2.67 bits per heavy atom. The van der Waals surface area contributed by atoms with Crippen molar-refractivity contribution in [3.8, 4) is 22.9 Å². The van der Waals surface area contributed by atoms with Crippen molar-refractivity contribution >= 4 is 22.6 Å². The second kappa shape index (κ2) is 10.4. The average Bonchev–Trinajstić information content (AvgIpc) is 3.57. The van der Waals surface area contributed by atoms with E-state index in [2.05, 4.69) is 11.2 Å². The van der Waals surface area contributed by atoms with Crippen LogP contribution in [0.15, 0.2) is 88.3 Å². The van der Waals surface area contributed by atoms with Gasteiger partial charge in [-0.05, 0) is 62.1 Å². The molecule has 0 fully saturated rings. The largest absolute Gasteiger partial charge is 0.483 e. The summed E-state index contributed by atoms with van der Waals surface area (Å²) < 4.78 is 19.7. The number of aryl methyl sites for hydroxylation is 2. The monoisotopic (exact) mass is 535 g/mol. The highest BCUT2D eigenvalue weighted by atomic mass is 16.5. The van der Waals surface area contributed by atoms with E-state index >= 15 is 0 Å². The molecule has 0 aliphatic carbocycles. The molecule has 3 aromatic carbocycles. The summed E-state index contributed by atoms with van der Waals surface area (Å²) in [5.74, 6) is 1.26. The zero-order chi connectivity index (χ0) is 27.8. The van der Waals surface area contributed by atoms with Crippen LogP contribution < -0.4 is 19.8 Å². The van der Waals surface area contributed by atoms with Gasteiger partial charge < -0.3 is 18.8 Å². The second-order valence-electron chi connectivity index (χ2n) is 9.92. The molecule has 5 aromatic rings. The summed E-state index contributed by atoms with van der Waals surface area (Å²) in [6, 6.07) is 21.1. The Hall–Kier alpha value is -4.85. The number of anilines is 1. The van der Waals surface area contributed by atoms with E-state index in [1.54, 1.807) is 41.0 Å². The molecule has 1 aliphatic rings. The number of para-hydroxylation sites is 2. The predicted octanol–water partition coefficient (Wildman–Crippen LogP) is 6.00. The Balaban J connectivity index is 1.25. The highest BCUT2D eigenvalue weighted by Crippen LogP contribution is 2.33. The van der Waals surface area contributed by atoms with Gasteiger partial charge in [-0.25, -0.2) is 4.68 Å². The third kappa shape index (κ3) is 4.62. The first-order chi connectivity index (χ1) is 19.4. The molecule has 0 spiro atoms. The lowest BCUT2D eigenvalue weighted by molar-refractivity contribution is -0.120. The van der Waals surface area contributed by atoms with E-state index in [4.69, 9.17) is 13.9 Å². The second-order valence-corrected chi connectivity index (χ2v) is 9.92. The Kier molecular flexibility index (Phi) is 6.59. The molecule has 0 bridgehead atoms. The zero-order valence-corrected chi connectivity index (χ0v) is 22.6. The highest BCUT2D eigenvalue weighted by molar-refractivity contribution is 5.97. The van der Waals surface area contributed by atoms with Gasteiger partial charge in [-0.15, -0.1) is 0 Å². The van der Waals surface area contributed by atoms with Crippen molar-refractivity contribution < 1.29 is 18.7 Å². The number of nitrogens with zero attached hydrogens (tertiary/aromatic N) is 3. The molecule has 6 rings (SSSR count).